The predicted octanol–water partition coefficient (Wildman–Crippen LogP) is 0.532. The highest BCUT2D eigenvalue weighted by atomic mass is 19.4. The topological polar surface area (TPSA) is 62.5 Å². The smallest absolute Gasteiger partial charge is 0.339 e. The summed E-state index contributed by atoms with van der Waals surface area (Å²) in [6, 6.07) is 0.174. The van der Waals surface area contributed by atoms with Crippen molar-refractivity contribution in [1.29, 1.82) is 0 Å². The van der Waals surface area contributed by atoms with E-state index in [0.717, 1.165) is 19.6 Å². The number of alkyl halides is 3. The molecule has 118 valence electrons. The van der Waals surface area contributed by atoms with Gasteiger partial charge in [-0.3, -0.25) is 4.79 Å². The van der Waals surface area contributed by atoms with Gasteiger partial charge in [0.2, 0.25) is 11.7 Å². The van der Waals surface area contributed by atoms with Gasteiger partial charge in [0.05, 0.1) is 6.42 Å². The number of hydrogen-bond donors (Lipinski definition) is 0. The van der Waals surface area contributed by atoms with Crippen LogP contribution in [0.1, 0.15) is 11.7 Å². The summed E-state index contributed by atoms with van der Waals surface area (Å²) in [6.07, 6.45) is -5.30. The molecule has 0 amide bonds. The number of ketones is 1. The molecule has 1 fully saturated rings. The molecule has 21 heavy (non-hydrogen) atoms. The van der Waals surface area contributed by atoms with Crippen molar-refractivity contribution in [3.63, 3.8) is 0 Å². The van der Waals surface area contributed by atoms with E-state index >= 15 is 0 Å². The third-order valence-electron chi connectivity index (χ3n) is 3.54. The van der Waals surface area contributed by atoms with Gasteiger partial charge in [-0.1, -0.05) is 5.16 Å². The number of piperazine rings is 1. The Morgan fingerprint density at radius 2 is 2.10 bits per heavy atom. The molecular formula is C12H17F3N4O2. The van der Waals surface area contributed by atoms with Gasteiger partial charge in [0.1, 0.15) is 0 Å². The largest absolute Gasteiger partial charge is 0.450 e. The van der Waals surface area contributed by atoms with Crippen LogP contribution in [-0.4, -0.2) is 71.7 Å². The van der Waals surface area contributed by atoms with E-state index in [-0.39, 0.29) is 11.9 Å². The van der Waals surface area contributed by atoms with E-state index in [1.165, 1.54) is 0 Å². The van der Waals surface area contributed by atoms with Crippen LogP contribution in [0, 0.1) is 0 Å². The van der Waals surface area contributed by atoms with E-state index in [1.54, 1.807) is 0 Å². The number of nitrogens with zero attached hydrogens (tertiary/aromatic N) is 4. The van der Waals surface area contributed by atoms with Crippen LogP contribution in [0.4, 0.5) is 13.2 Å². The summed E-state index contributed by atoms with van der Waals surface area (Å²) in [5.41, 5.74) is 0. The Labute approximate surface area is 119 Å². The summed E-state index contributed by atoms with van der Waals surface area (Å²) in [7, 11) is 3.98. The zero-order valence-corrected chi connectivity index (χ0v) is 11.9. The molecule has 0 spiro atoms. The lowest BCUT2D eigenvalue weighted by molar-refractivity contribution is -0.170. The quantitative estimate of drug-likeness (QED) is 0.809. The van der Waals surface area contributed by atoms with Crippen molar-refractivity contribution >= 4 is 5.78 Å². The summed E-state index contributed by atoms with van der Waals surface area (Å²) < 4.78 is 41.2. The standard InChI is InChI=1S/C12H17F3N4O2/c1-18-3-4-19(2)8(7-18)5-10-16-11(21-17-10)6-9(20)12(13,14)15/h8H,3-7H2,1-2H3. The molecule has 1 aromatic heterocycles. The summed E-state index contributed by atoms with van der Waals surface area (Å²) in [5, 5.41) is 3.65. The molecule has 0 aliphatic carbocycles. The van der Waals surface area contributed by atoms with E-state index < -0.39 is 18.4 Å². The third kappa shape index (κ3) is 4.24. The number of rotatable bonds is 4. The van der Waals surface area contributed by atoms with Gasteiger partial charge in [0.25, 0.3) is 0 Å². The van der Waals surface area contributed by atoms with Crippen LogP contribution < -0.4 is 0 Å². The van der Waals surface area contributed by atoms with Crippen molar-refractivity contribution in [1.82, 2.24) is 19.9 Å². The molecule has 0 radical (unpaired) electrons. The van der Waals surface area contributed by atoms with Crippen LogP contribution in [0.25, 0.3) is 0 Å². The maximum atomic E-state index is 12.2. The maximum Gasteiger partial charge on any atom is 0.450 e. The molecule has 0 aromatic carbocycles. The molecule has 1 unspecified atom stereocenters. The Hall–Kier alpha value is -1.48. The number of aromatic nitrogens is 2. The molecule has 2 heterocycles. The summed E-state index contributed by atoms with van der Waals surface area (Å²) >= 11 is 0. The Balaban J connectivity index is 1.95. The molecular weight excluding hydrogens is 289 g/mol. The van der Waals surface area contributed by atoms with Gasteiger partial charge in [-0.05, 0) is 14.1 Å². The lowest BCUT2D eigenvalue weighted by Crippen LogP contribution is -2.50. The molecule has 1 aliphatic rings. The minimum absolute atomic E-state index is 0.174. The van der Waals surface area contributed by atoms with Crippen molar-refractivity contribution in [2.75, 3.05) is 33.7 Å². The molecule has 9 heteroatoms. The van der Waals surface area contributed by atoms with Crippen molar-refractivity contribution < 1.29 is 22.5 Å². The number of halogens is 3. The highest BCUT2D eigenvalue weighted by molar-refractivity contribution is 5.85. The predicted molar refractivity (Wildman–Crippen MR) is 66.7 cm³/mol. The van der Waals surface area contributed by atoms with Gasteiger partial charge in [-0.2, -0.15) is 18.2 Å². The maximum absolute atomic E-state index is 12.2. The van der Waals surface area contributed by atoms with Crippen LogP contribution in [0.2, 0.25) is 0 Å². The molecule has 1 saturated heterocycles. The van der Waals surface area contributed by atoms with Crippen LogP contribution >= 0.6 is 0 Å². The number of carbonyl (C=O) groups is 1. The van der Waals surface area contributed by atoms with Crippen LogP contribution in [0.15, 0.2) is 4.52 Å². The van der Waals surface area contributed by atoms with Gasteiger partial charge in [0.15, 0.2) is 5.82 Å². The number of carbonyl (C=O) groups excluding carboxylic acids is 1. The minimum Gasteiger partial charge on any atom is -0.339 e. The average Bonchev–Trinajstić information content (AvgIpc) is 2.80. The lowest BCUT2D eigenvalue weighted by atomic mass is 10.1. The van der Waals surface area contributed by atoms with Crippen LogP contribution in [0.3, 0.4) is 0 Å². The second-order valence-corrected chi connectivity index (χ2v) is 5.30. The monoisotopic (exact) mass is 306 g/mol. The van der Waals surface area contributed by atoms with E-state index in [2.05, 4.69) is 19.9 Å². The SMILES string of the molecule is CN1CCN(C)C(Cc2noc(CC(=O)C(F)(F)F)n2)C1. The molecule has 1 atom stereocenters. The van der Waals surface area contributed by atoms with Gasteiger partial charge >= 0.3 is 6.18 Å². The molecule has 0 saturated carbocycles. The first-order valence-electron chi connectivity index (χ1n) is 6.56. The fourth-order valence-electron chi connectivity index (χ4n) is 2.22. The molecule has 1 aliphatic heterocycles. The minimum atomic E-state index is -4.87. The zero-order chi connectivity index (χ0) is 15.6. The number of hydrogen-bond acceptors (Lipinski definition) is 6. The van der Waals surface area contributed by atoms with Crippen LogP contribution in [0.5, 0.6) is 0 Å². The summed E-state index contributed by atoms with van der Waals surface area (Å²) in [6.45, 7) is 2.69. The second-order valence-electron chi connectivity index (χ2n) is 5.30. The van der Waals surface area contributed by atoms with Crippen molar-refractivity contribution in [3.05, 3.63) is 11.7 Å². The molecule has 1 aromatic rings. The number of likely N-dealkylation sites (N-methyl/N-ethyl adjacent to an activating group) is 2. The van der Waals surface area contributed by atoms with Crippen molar-refractivity contribution in [2.45, 2.75) is 25.1 Å². The number of Topliss-reactive ketones (excluding diaryl/α,β-unsaturated/α-hetero) is 1. The Morgan fingerprint density at radius 1 is 1.38 bits per heavy atom. The highest BCUT2D eigenvalue weighted by Crippen LogP contribution is 2.18. The second kappa shape index (κ2) is 6.10. The third-order valence-corrected chi connectivity index (χ3v) is 3.54. The first-order valence-corrected chi connectivity index (χ1v) is 6.56. The van der Waals surface area contributed by atoms with Gasteiger partial charge in [0, 0.05) is 32.1 Å². The normalized spacial score (nSPS) is 21.7. The Morgan fingerprint density at radius 3 is 2.76 bits per heavy atom. The van der Waals surface area contributed by atoms with E-state index in [1.807, 2.05) is 14.1 Å². The first kappa shape index (κ1) is 15.9. The Bertz CT molecular complexity index is 503. The zero-order valence-electron chi connectivity index (χ0n) is 11.9. The van der Waals surface area contributed by atoms with E-state index in [9.17, 15) is 18.0 Å². The Kier molecular flexibility index (Phi) is 4.62. The fourth-order valence-corrected chi connectivity index (χ4v) is 2.22. The van der Waals surface area contributed by atoms with E-state index in [0.29, 0.717) is 12.2 Å². The average molecular weight is 306 g/mol. The summed E-state index contributed by atoms with van der Waals surface area (Å²) in [4.78, 5) is 19.0. The molecule has 2 rings (SSSR count). The van der Waals surface area contributed by atoms with Crippen LogP contribution in [-0.2, 0) is 17.6 Å². The fraction of sp³-hybridized carbons (Fsp3) is 0.750. The molecule has 0 bridgehead atoms. The molecule has 6 nitrogen and oxygen atoms in total. The lowest BCUT2D eigenvalue weighted by Gasteiger charge is -2.37. The van der Waals surface area contributed by atoms with Gasteiger partial charge in [-0.25, -0.2) is 0 Å². The molecule has 0 N–H and O–H groups in total. The highest BCUT2D eigenvalue weighted by Gasteiger charge is 2.39. The van der Waals surface area contributed by atoms with Gasteiger partial charge in [-0.15, -0.1) is 0 Å². The van der Waals surface area contributed by atoms with Crippen molar-refractivity contribution in [2.24, 2.45) is 0 Å². The van der Waals surface area contributed by atoms with E-state index in [4.69, 9.17) is 4.52 Å². The van der Waals surface area contributed by atoms with Gasteiger partial charge < -0.3 is 14.3 Å². The summed E-state index contributed by atoms with van der Waals surface area (Å²) in [5.74, 6) is -1.85. The first-order chi connectivity index (χ1) is 9.75. The van der Waals surface area contributed by atoms with Crippen molar-refractivity contribution in [3.8, 4) is 0 Å².